The maximum Gasteiger partial charge on any atom is 0.130 e. The van der Waals surface area contributed by atoms with Crippen LogP contribution < -0.4 is 0 Å². The van der Waals surface area contributed by atoms with Crippen LogP contribution in [0.4, 0.5) is 0 Å². The maximum atomic E-state index is 11.5. The Hall–Kier alpha value is -1.41. The van der Waals surface area contributed by atoms with Crippen LogP contribution in [-0.4, -0.2) is 6.29 Å². The smallest absolute Gasteiger partial charge is 0.130 e. The Balaban J connectivity index is 2.29. The molecular formula is C16H15BrO. The molecule has 0 aliphatic rings. The van der Waals surface area contributed by atoms with E-state index >= 15 is 0 Å². The van der Waals surface area contributed by atoms with E-state index in [4.69, 9.17) is 0 Å². The van der Waals surface area contributed by atoms with Crippen molar-refractivity contribution in [3.05, 3.63) is 70.2 Å². The molecule has 0 aliphatic heterocycles. The molecule has 0 heterocycles. The van der Waals surface area contributed by atoms with Crippen LogP contribution in [-0.2, 0) is 16.6 Å². The van der Waals surface area contributed by atoms with E-state index in [2.05, 4.69) is 28.1 Å². The molecule has 0 aliphatic carbocycles. The van der Waals surface area contributed by atoms with Crippen LogP contribution in [0, 0.1) is 0 Å². The predicted octanol–water partition coefficient (Wildman–Crippen LogP) is 4.15. The highest BCUT2D eigenvalue weighted by Gasteiger charge is 2.26. The van der Waals surface area contributed by atoms with Gasteiger partial charge in [-0.2, -0.15) is 0 Å². The second-order valence-electron chi connectivity index (χ2n) is 4.70. The molecule has 2 aromatic carbocycles. The lowest BCUT2D eigenvalue weighted by Gasteiger charge is -2.23. The van der Waals surface area contributed by atoms with Crippen LogP contribution in [0.1, 0.15) is 18.1 Å². The molecule has 0 saturated carbocycles. The number of carbonyl (C=O) groups excluding carboxylic acids is 1. The van der Waals surface area contributed by atoms with E-state index < -0.39 is 5.41 Å². The first-order valence-corrected chi connectivity index (χ1v) is 6.70. The van der Waals surface area contributed by atoms with Crippen molar-refractivity contribution < 1.29 is 4.79 Å². The number of hydrogen-bond donors (Lipinski definition) is 0. The summed E-state index contributed by atoms with van der Waals surface area (Å²) in [6.45, 7) is 1.98. The summed E-state index contributed by atoms with van der Waals surface area (Å²) in [4.78, 5) is 11.5. The third kappa shape index (κ3) is 2.88. The third-order valence-electron chi connectivity index (χ3n) is 3.18. The van der Waals surface area contributed by atoms with Crippen molar-refractivity contribution in [3.63, 3.8) is 0 Å². The van der Waals surface area contributed by atoms with Crippen LogP contribution in [0.2, 0.25) is 0 Å². The minimum absolute atomic E-state index is 0.463. The van der Waals surface area contributed by atoms with Gasteiger partial charge in [-0.15, -0.1) is 0 Å². The van der Waals surface area contributed by atoms with Crippen molar-refractivity contribution in [2.24, 2.45) is 0 Å². The molecule has 1 nitrogen and oxygen atoms in total. The molecule has 0 radical (unpaired) electrons. The Morgan fingerprint density at radius 1 is 1.06 bits per heavy atom. The number of carbonyl (C=O) groups is 1. The zero-order valence-corrected chi connectivity index (χ0v) is 11.9. The number of benzene rings is 2. The first-order valence-electron chi connectivity index (χ1n) is 5.90. The van der Waals surface area contributed by atoms with Crippen molar-refractivity contribution in [2.75, 3.05) is 0 Å². The monoisotopic (exact) mass is 302 g/mol. The molecule has 0 N–H and O–H groups in total. The Bertz CT molecular complexity index is 519. The summed E-state index contributed by atoms with van der Waals surface area (Å²) in [6, 6.07) is 18.0. The zero-order chi connectivity index (χ0) is 13.0. The highest BCUT2D eigenvalue weighted by Crippen LogP contribution is 2.26. The molecule has 0 aromatic heterocycles. The van der Waals surface area contributed by atoms with Crippen molar-refractivity contribution in [2.45, 2.75) is 18.8 Å². The fraction of sp³-hybridized carbons (Fsp3) is 0.188. The summed E-state index contributed by atoms with van der Waals surface area (Å²) in [5.74, 6) is 0. The van der Waals surface area contributed by atoms with E-state index in [0.717, 1.165) is 21.9 Å². The molecule has 0 saturated heterocycles. The minimum atomic E-state index is -0.463. The number of hydrogen-bond acceptors (Lipinski definition) is 1. The largest absolute Gasteiger partial charge is 0.302 e. The van der Waals surface area contributed by atoms with Crippen LogP contribution >= 0.6 is 15.9 Å². The van der Waals surface area contributed by atoms with E-state index in [1.807, 2.05) is 49.4 Å². The van der Waals surface area contributed by atoms with Crippen molar-refractivity contribution >= 4 is 22.2 Å². The van der Waals surface area contributed by atoms with Gasteiger partial charge in [-0.25, -0.2) is 0 Å². The van der Waals surface area contributed by atoms with E-state index in [9.17, 15) is 4.79 Å². The van der Waals surface area contributed by atoms with E-state index in [1.54, 1.807) is 0 Å². The summed E-state index contributed by atoms with van der Waals surface area (Å²) in [5.41, 5.74) is 1.76. The summed E-state index contributed by atoms with van der Waals surface area (Å²) in [5, 5.41) is 0. The molecule has 0 amide bonds. The Morgan fingerprint density at radius 2 is 1.67 bits per heavy atom. The summed E-state index contributed by atoms with van der Waals surface area (Å²) in [6.07, 6.45) is 1.76. The summed E-state index contributed by atoms with van der Waals surface area (Å²) < 4.78 is 1.05. The molecule has 2 rings (SSSR count). The molecule has 2 heteroatoms. The molecule has 92 valence electrons. The number of rotatable bonds is 4. The third-order valence-corrected chi connectivity index (χ3v) is 3.71. The average molecular weight is 303 g/mol. The summed E-state index contributed by atoms with van der Waals surface area (Å²) in [7, 11) is 0. The van der Waals surface area contributed by atoms with Gasteiger partial charge in [-0.3, -0.25) is 0 Å². The highest BCUT2D eigenvalue weighted by molar-refractivity contribution is 9.10. The lowest BCUT2D eigenvalue weighted by molar-refractivity contribution is -0.112. The molecule has 18 heavy (non-hydrogen) atoms. The van der Waals surface area contributed by atoms with Gasteiger partial charge in [0.05, 0.1) is 5.41 Å². The fourth-order valence-electron chi connectivity index (χ4n) is 2.06. The first-order chi connectivity index (χ1) is 8.64. The molecule has 0 bridgehead atoms. The lowest BCUT2D eigenvalue weighted by atomic mass is 9.79. The standard InChI is InChI=1S/C16H15BrO/c1-16(12-18,14-5-3-2-4-6-14)11-13-7-9-15(17)10-8-13/h2-10,12H,11H2,1H3/t16-/m0/s1. The molecule has 1 atom stereocenters. The molecule has 0 fully saturated rings. The van der Waals surface area contributed by atoms with Crippen LogP contribution in [0.25, 0.3) is 0 Å². The van der Waals surface area contributed by atoms with Gasteiger partial charge in [0.2, 0.25) is 0 Å². The van der Waals surface area contributed by atoms with Gasteiger partial charge in [0.25, 0.3) is 0 Å². The minimum Gasteiger partial charge on any atom is -0.302 e. The Morgan fingerprint density at radius 3 is 2.22 bits per heavy atom. The molecule has 2 aromatic rings. The zero-order valence-electron chi connectivity index (χ0n) is 10.3. The van der Waals surface area contributed by atoms with Crippen LogP contribution in [0.5, 0.6) is 0 Å². The highest BCUT2D eigenvalue weighted by atomic mass is 79.9. The van der Waals surface area contributed by atoms with Gasteiger partial charge < -0.3 is 4.79 Å². The van der Waals surface area contributed by atoms with Crippen LogP contribution in [0.15, 0.2) is 59.1 Å². The lowest BCUT2D eigenvalue weighted by Crippen LogP contribution is -2.26. The van der Waals surface area contributed by atoms with Gasteiger partial charge in [0.15, 0.2) is 0 Å². The quantitative estimate of drug-likeness (QED) is 0.776. The maximum absolute atomic E-state index is 11.5. The predicted molar refractivity (Wildman–Crippen MR) is 77.7 cm³/mol. The van der Waals surface area contributed by atoms with E-state index in [-0.39, 0.29) is 0 Å². The first kappa shape index (κ1) is 13.0. The van der Waals surface area contributed by atoms with E-state index in [0.29, 0.717) is 6.42 Å². The van der Waals surface area contributed by atoms with Crippen LogP contribution in [0.3, 0.4) is 0 Å². The van der Waals surface area contributed by atoms with Crippen molar-refractivity contribution in [3.8, 4) is 0 Å². The SMILES string of the molecule is C[C@@](C=O)(Cc1ccc(Br)cc1)c1ccccc1. The van der Waals surface area contributed by atoms with Gasteiger partial charge in [0, 0.05) is 4.47 Å². The molecule has 0 unspecified atom stereocenters. The second-order valence-corrected chi connectivity index (χ2v) is 5.62. The molecular weight excluding hydrogens is 288 g/mol. The normalized spacial score (nSPS) is 13.9. The summed E-state index contributed by atoms with van der Waals surface area (Å²) >= 11 is 3.42. The van der Waals surface area contributed by atoms with Crippen molar-refractivity contribution in [1.82, 2.24) is 0 Å². The Kier molecular flexibility index (Phi) is 3.97. The fourth-order valence-corrected chi connectivity index (χ4v) is 2.32. The van der Waals surface area contributed by atoms with E-state index in [1.165, 1.54) is 0 Å². The number of halogens is 1. The van der Waals surface area contributed by atoms with Gasteiger partial charge >= 0.3 is 0 Å². The topological polar surface area (TPSA) is 17.1 Å². The van der Waals surface area contributed by atoms with Crippen molar-refractivity contribution in [1.29, 1.82) is 0 Å². The number of aldehydes is 1. The second kappa shape index (κ2) is 5.49. The average Bonchev–Trinajstić information content (AvgIpc) is 2.42. The van der Waals surface area contributed by atoms with Gasteiger partial charge in [-0.1, -0.05) is 58.4 Å². The van der Waals surface area contributed by atoms with Gasteiger partial charge in [0.1, 0.15) is 6.29 Å². The van der Waals surface area contributed by atoms with Gasteiger partial charge in [-0.05, 0) is 36.6 Å². The Labute approximate surface area is 116 Å². The molecule has 0 spiro atoms.